The number of carbonyl (C=O) groups excluding carboxylic acids is 1. The molecule has 298 valence electrons. The number of hydrogen-bond acceptors (Lipinski definition) is 2. The van der Waals surface area contributed by atoms with Crippen LogP contribution in [0.5, 0.6) is 0 Å². The minimum atomic E-state index is -1.56. The summed E-state index contributed by atoms with van der Waals surface area (Å²) in [6.07, 6.45) is 0. The summed E-state index contributed by atoms with van der Waals surface area (Å²) < 4.78 is 0. The molecule has 0 atom stereocenters. The van der Waals surface area contributed by atoms with Crippen molar-refractivity contribution in [3.05, 3.63) is 58.1 Å². The molecule has 0 aromatic heterocycles. The second-order valence-corrected chi connectivity index (χ2v) is 25.4. The molecule has 71 heavy (non-hydrogen) atoms. The molecule has 3 heteroatoms. The summed E-state index contributed by atoms with van der Waals surface area (Å²) in [7, 11) is 2.11. The lowest BCUT2D eigenvalue weighted by Gasteiger charge is -2.55. The van der Waals surface area contributed by atoms with Gasteiger partial charge < -0.3 is 10.0 Å². The topological polar surface area (TPSA) is 40.5 Å². The predicted octanol–water partition coefficient (Wildman–Crippen LogP) is 17.0. The van der Waals surface area contributed by atoms with Crippen LogP contribution in [-0.4, -0.2) is 23.0 Å². The largest absolute Gasteiger partial charge is 0.377 e. The zero-order chi connectivity index (χ0) is 42.8. The predicted molar refractivity (Wildman–Crippen MR) is 295 cm³/mol. The van der Waals surface area contributed by atoms with Gasteiger partial charge in [0.2, 0.25) is 0 Å². The van der Waals surface area contributed by atoms with Crippen molar-refractivity contribution in [3.8, 4) is 0 Å². The van der Waals surface area contributed by atoms with Crippen molar-refractivity contribution in [2.75, 3.05) is 7.05 Å². The van der Waals surface area contributed by atoms with Crippen LogP contribution >= 0.6 is 0 Å². The van der Waals surface area contributed by atoms with Gasteiger partial charge in [0.1, 0.15) is 11.1 Å². The average molecular weight is 872 g/mol. The number of hydrogen-bond donors (Lipinski definition) is 1. The highest BCUT2D eigenvalue weighted by molar-refractivity contribution is 6.82. The van der Waals surface area contributed by atoms with E-state index in [4.69, 9.17) is 0 Å². The van der Waals surface area contributed by atoms with E-state index in [0.29, 0.717) is 5.56 Å². The fourth-order valence-corrected chi connectivity index (χ4v) is 24.7. The van der Waals surface area contributed by atoms with E-state index in [1.165, 1.54) is 205 Å². The molecule has 3 nitrogen and oxygen atoms in total. The van der Waals surface area contributed by atoms with Gasteiger partial charge in [0.25, 0.3) is 5.91 Å². The van der Waals surface area contributed by atoms with Gasteiger partial charge >= 0.3 is 0 Å². The lowest BCUT2D eigenvalue weighted by atomic mass is 9.58. The Balaban J connectivity index is 1.17. The van der Waals surface area contributed by atoms with E-state index >= 15 is 9.90 Å². The Hall–Kier alpha value is -8.89. The van der Waals surface area contributed by atoms with E-state index < -0.39 is 11.1 Å². The molecule has 4 aliphatic rings. The monoisotopic (exact) mass is 871 g/mol. The number of nitrogens with zero attached hydrogens (tertiary/aromatic N) is 1. The van der Waals surface area contributed by atoms with Crippen LogP contribution in [-0.2, 0) is 11.1 Å². The van der Waals surface area contributed by atoms with Crippen molar-refractivity contribution in [1.82, 2.24) is 4.90 Å². The highest BCUT2D eigenvalue weighted by Crippen LogP contribution is 2.84. The third kappa shape index (κ3) is 1.43. The Kier molecular flexibility index (Phi) is 2.28. The van der Waals surface area contributed by atoms with Crippen LogP contribution < -0.4 is 0 Å². The third-order valence-electron chi connectivity index (χ3n) is 25.0. The number of benzene rings is 19. The van der Waals surface area contributed by atoms with Gasteiger partial charge in [-0.25, -0.2) is 0 Å². The molecule has 29 aromatic rings. The fraction of sp³-hybridized carbons (Fsp3) is 0.0441. The Labute approximate surface area is 385 Å². The Morgan fingerprint density at radius 3 is 0.648 bits per heavy atom. The average Bonchev–Trinajstić information content (AvgIpc) is 4.17. The minimum Gasteiger partial charge on any atom is -0.377 e. The number of carbonyl (C=O) groups is 1. The number of aliphatic hydroxyl groups is 1. The van der Waals surface area contributed by atoms with Gasteiger partial charge in [0, 0.05) is 34.9 Å². The second kappa shape index (κ2) is 6.05. The van der Waals surface area contributed by atoms with Crippen molar-refractivity contribution in [3.63, 3.8) is 0 Å². The quantitative estimate of drug-likeness (QED) is 0.176. The first-order chi connectivity index (χ1) is 35.2. The maximum absolute atomic E-state index is 16.3. The molecule has 0 fully saturated rings. The third-order valence-corrected chi connectivity index (χ3v) is 25.0. The first-order valence-electron chi connectivity index (χ1n) is 26.0. The smallest absolute Gasteiger partial charge is 0.254 e. The van der Waals surface area contributed by atoms with Crippen LogP contribution in [0.2, 0.25) is 0 Å². The number of likely N-dealkylation sites (N-methyl/N-ethyl adjacent to an activating group) is 1. The van der Waals surface area contributed by atoms with E-state index in [1.54, 1.807) is 97.0 Å². The van der Waals surface area contributed by atoms with Crippen LogP contribution in [0.1, 0.15) is 32.6 Å². The number of rotatable bonds is 2. The van der Waals surface area contributed by atoms with E-state index in [0.717, 1.165) is 11.1 Å². The standard InChI is InChI=1S/C68H9NO2/c1-69(66(70)7-5-3-2-4-6-7)67-62-54-46-36-26-18-10-8-9-12-16-14(10)22-30-24(16)34-28-20(12)21-13(9)17-15-11(8)19(18)27-33-23(15)31-25(17)35-29(21)39-38(28)50-44(34)52-42(30)48(40(46)32(22)26)56(62)58(52)64-60(50)61-51(39)45(35)53-43(31)49-41(33)47(37(27)36)55(54)63(67)57(49)59(53)65(61)68(64,67)71/h2-6,71H,1H3. The van der Waals surface area contributed by atoms with Gasteiger partial charge in [0.05, 0.1) is 0 Å². The van der Waals surface area contributed by atoms with Crippen LogP contribution in [0.15, 0.2) is 30.3 Å². The molecule has 1 N–H and O–H groups in total. The lowest BCUT2D eigenvalue weighted by Crippen LogP contribution is -2.62. The van der Waals surface area contributed by atoms with E-state index in [-0.39, 0.29) is 5.91 Å². The van der Waals surface area contributed by atoms with E-state index in [2.05, 4.69) is 11.9 Å². The van der Waals surface area contributed by atoms with Crippen molar-refractivity contribution in [1.29, 1.82) is 0 Å². The molecule has 0 bridgehead atoms. The molecule has 0 saturated carbocycles. The number of amides is 1. The second-order valence-electron chi connectivity index (χ2n) is 25.4. The van der Waals surface area contributed by atoms with Crippen LogP contribution in [0.3, 0.4) is 0 Å². The van der Waals surface area contributed by atoms with Gasteiger partial charge in [-0.05, 0) is 303 Å². The van der Waals surface area contributed by atoms with Crippen molar-refractivity contribution in [2.24, 2.45) is 0 Å². The molecule has 33 rings (SSSR count). The molecule has 0 unspecified atom stereocenters. The summed E-state index contributed by atoms with van der Waals surface area (Å²) in [5, 5.41) is 96.3. The Morgan fingerprint density at radius 1 is 0.282 bits per heavy atom. The normalized spacial score (nSPS) is 21.5. The molecule has 0 aliphatic heterocycles. The molecule has 1 amide bonds. The summed E-state index contributed by atoms with van der Waals surface area (Å²) in [6, 6.07) is 10.1. The summed E-state index contributed by atoms with van der Waals surface area (Å²) in [4.78, 5) is 18.4. The molecule has 0 spiro atoms. The molecule has 0 radical (unpaired) electrons. The highest BCUT2D eigenvalue weighted by Gasteiger charge is 2.72. The van der Waals surface area contributed by atoms with Crippen LogP contribution in [0.4, 0.5) is 0 Å². The molecule has 0 saturated heterocycles. The molecule has 0 heterocycles. The first-order valence-corrected chi connectivity index (χ1v) is 26.0. The van der Waals surface area contributed by atoms with Crippen molar-refractivity contribution >= 4 is 297 Å². The molecule has 4 aliphatic carbocycles. The van der Waals surface area contributed by atoms with Gasteiger partial charge in [-0.3, -0.25) is 4.79 Å². The maximum atomic E-state index is 16.3. The molecular formula is C68H9NO2. The van der Waals surface area contributed by atoms with Gasteiger partial charge in [-0.1, -0.05) is 18.2 Å². The minimum absolute atomic E-state index is 0.0171. The fourth-order valence-electron chi connectivity index (χ4n) is 24.7. The summed E-state index contributed by atoms with van der Waals surface area (Å²) in [5.41, 5.74) is 2.61. The zero-order valence-electron chi connectivity index (χ0n) is 36.2. The zero-order valence-corrected chi connectivity index (χ0v) is 36.2. The molecule has 29 aromatic carbocycles. The van der Waals surface area contributed by atoms with E-state index in [1.807, 2.05) is 30.3 Å². The maximum Gasteiger partial charge on any atom is 0.254 e. The van der Waals surface area contributed by atoms with Crippen molar-refractivity contribution < 1.29 is 9.90 Å². The Bertz CT molecular complexity index is 7220. The highest BCUT2D eigenvalue weighted by atomic mass is 16.3. The summed E-state index contributed by atoms with van der Waals surface area (Å²) in [5.74, 6) is -0.0171. The molecular weight excluding hydrogens is 863 g/mol. The van der Waals surface area contributed by atoms with Crippen LogP contribution in [0.25, 0.3) is 291 Å². The summed E-state index contributed by atoms with van der Waals surface area (Å²) in [6.45, 7) is 0. The van der Waals surface area contributed by atoms with Crippen LogP contribution in [0, 0.1) is 0 Å². The van der Waals surface area contributed by atoms with Gasteiger partial charge in [-0.2, -0.15) is 0 Å². The summed E-state index contributed by atoms with van der Waals surface area (Å²) >= 11 is 0. The van der Waals surface area contributed by atoms with Gasteiger partial charge in [-0.15, -0.1) is 0 Å². The van der Waals surface area contributed by atoms with Crippen molar-refractivity contribution in [2.45, 2.75) is 11.1 Å². The first kappa shape index (κ1) is 26.8. The SMILES string of the molecule is CN(C(=O)c1ccccc1)C12c3c4c5c6c7c8c(c9c%10c1c1c3c3c%11c4c4c5c5c7c7c%12c8c8c9c9c%10c%10c1c1c3c3c%11c%11c4c4c5c7c5c7c%12c8c8c9c9c%10c1c1c3c3c%11c4c5c4c7c8c9c1c34)C62O. The van der Waals surface area contributed by atoms with Gasteiger partial charge in [0.15, 0.2) is 0 Å². The Morgan fingerprint density at radius 2 is 0.451 bits per heavy atom. The van der Waals surface area contributed by atoms with E-state index in [9.17, 15) is 0 Å². The lowest BCUT2D eigenvalue weighted by molar-refractivity contribution is -0.0481.